The number of aryl methyl sites for hydroxylation is 1. The van der Waals surface area contributed by atoms with Gasteiger partial charge < -0.3 is 5.32 Å². The van der Waals surface area contributed by atoms with E-state index in [9.17, 15) is 26.4 Å². The van der Waals surface area contributed by atoms with Crippen LogP contribution in [0.1, 0.15) is 28.7 Å². The molecule has 0 atom stereocenters. The van der Waals surface area contributed by atoms with E-state index in [1.165, 1.54) is 5.01 Å². The van der Waals surface area contributed by atoms with Crippen LogP contribution in [-0.4, -0.2) is 53.0 Å². The Hall–Kier alpha value is -2.84. The molecule has 0 saturated carbocycles. The number of alkyl halides is 3. The number of sulfonamides is 1. The number of pyridine rings is 1. The predicted octanol–water partition coefficient (Wildman–Crippen LogP) is 4.16. The molecule has 0 bridgehead atoms. The van der Waals surface area contributed by atoms with Crippen LogP contribution in [0.2, 0.25) is 5.02 Å². The van der Waals surface area contributed by atoms with E-state index in [0.717, 1.165) is 5.56 Å². The van der Waals surface area contributed by atoms with Crippen LogP contribution in [0.25, 0.3) is 5.65 Å². The molecule has 0 fully saturated rings. The van der Waals surface area contributed by atoms with Gasteiger partial charge in [-0.2, -0.15) is 26.7 Å². The van der Waals surface area contributed by atoms with Gasteiger partial charge in [0.05, 0.1) is 29.5 Å². The van der Waals surface area contributed by atoms with Crippen LogP contribution < -0.4 is 10.3 Å². The van der Waals surface area contributed by atoms with Gasteiger partial charge in [0.15, 0.2) is 0 Å². The van der Waals surface area contributed by atoms with Crippen molar-refractivity contribution in [2.45, 2.75) is 25.4 Å². The van der Waals surface area contributed by atoms with Crippen LogP contribution in [0.3, 0.4) is 0 Å². The first-order valence-corrected chi connectivity index (χ1v) is 13.2. The molecule has 0 aliphatic carbocycles. The Kier molecular flexibility index (Phi) is 7.21. The zero-order valence-electron chi connectivity index (χ0n) is 18.6. The Bertz CT molecular complexity index is 1460. The molecular formula is C21H19BrClF3N6O3S. The summed E-state index contributed by atoms with van der Waals surface area (Å²) in [6.45, 7) is 1.59. The Morgan fingerprint density at radius 2 is 1.97 bits per heavy atom. The van der Waals surface area contributed by atoms with Gasteiger partial charge in [0.25, 0.3) is 5.91 Å². The number of nitrogens with zero attached hydrogens (tertiary/aromatic N) is 5. The number of benzene rings is 1. The smallest absolute Gasteiger partial charge is 0.347 e. The van der Waals surface area contributed by atoms with Crippen molar-refractivity contribution in [3.63, 3.8) is 0 Å². The predicted molar refractivity (Wildman–Crippen MR) is 132 cm³/mol. The van der Waals surface area contributed by atoms with E-state index >= 15 is 0 Å². The largest absolute Gasteiger partial charge is 0.516 e. The molecule has 0 saturated heterocycles. The van der Waals surface area contributed by atoms with Crippen molar-refractivity contribution in [2.24, 2.45) is 5.10 Å². The minimum atomic E-state index is -5.49. The summed E-state index contributed by atoms with van der Waals surface area (Å²) < 4.78 is 63.7. The Balaban J connectivity index is 1.47. The highest BCUT2D eigenvalue weighted by atomic mass is 79.9. The summed E-state index contributed by atoms with van der Waals surface area (Å²) >= 11 is 9.49. The fraction of sp³-hybridized carbons (Fsp3) is 0.286. The molecule has 1 aliphatic heterocycles. The Labute approximate surface area is 217 Å². The van der Waals surface area contributed by atoms with Gasteiger partial charge in [0.1, 0.15) is 17.7 Å². The number of hydrogen-bond acceptors (Lipinski definition) is 6. The van der Waals surface area contributed by atoms with Crippen molar-refractivity contribution in [1.82, 2.24) is 19.0 Å². The first kappa shape index (κ1) is 26.2. The second kappa shape index (κ2) is 9.90. The quantitative estimate of drug-likeness (QED) is 0.454. The number of carbonyl (C=O) groups is 1. The minimum absolute atomic E-state index is 0.0862. The molecule has 4 rings (SSSR count). The normalized spacial score (nSPS) is 14.5. The summed E-state index contributed by atoms with van der Waals surface area (Å²) in [6, 6.07) is 8.55. The van der Waals surface area contributed by atoms with Crippen molar-refractivity contribution < 1.29 is 26.4 Å². The van der Waals surface area contributed by atoms with Crippen LogP contribution in [0, 0.1) is 0 Å². The summed E-state index contributed by atoms with van der Waals surface area (Å²) in [7, 11) is -5.49. The number of rotatable bonds is 6. The lowest BCUT2D eigenvalue weighted by molar-refractivity contribution is -0.0471. The highest BCUT2D eigenvalue weighted by molar-refractivity contribution is 9.10. The van der Waals surface area contributed by atoms with Crippen LogP contribution >= 0.6 is 27.5 Å². The molecule has 0 spiro atoms. The Morgan fingerprint density at radius 3 is 2.58 bits per heavy atom. The van der Waals surface area contributed by atoms with Gasteiger partial charge in [-0.05, 0) is 52.2 Å². The summed E-state index contributed by atoms with van der Waals surface area (Å²) in [5.41, 5.74) is -2.50. The van der Waals surface area contributed by atoms with Gasteiger partial charge in [-0.3, -0.25) is 14.2 Å². The lowest BCUT2D eigenvalue weighted by Gasteiger charge is -2.30. The van der Waals surface area contributed by atoms with Crippen molar-refractivity contribution in [1.29, 1.82) is 0 Å². The number of anilines is 1. The summed E-state index contributed by atoms with van der Waals surface area (Å²) in [5.74, 6) is -0.326. The molecule has 3 aromatic rings. The van der Waals surface area contributed by atoms with E-state index in [1.807, 2.05) is 6.92 Å². The molecule has 9 nitrogen and oxygen atoms in total. The molecule has 0 unspecified atom stereocenters. The maximum atomic E-state index is 13.0. The number of nitrogens with one attached hydrogen (secondary N) is 1. The number of carbonyl (C=O) groups excluding carboxylic acids is 1. The van der Waals surface area contributed by atoms with E-state index in [4.69, 9.17) is 11.6 Å². The van der Waals surface area contributed by atoms with E-state index in [1.54, 1.807) is 40.9 Å². The van der Waals surface area contributed by atoms with Crippen LogP contribution in [0.15, 0.2) is 46.1 Å². The van der Waals surface area contributed by atoms with Crippen molar-refractivity contribution in [3.8, 4) is 0 Å². The fourth-order valence-corrected chi connectivity index (χ4v) is 5.16. The van der Waals surface area contributed by atoms with Gasteiger partial charge in [-0.15, -0.1) is 0 Å². The van der Waals surface area contributed by atoms with Gasteiger partial charge in [-0.1, -0.05) is 24.6 Å². The molecule has 192 valence electrons. The fourth-order valence-electron chi connectivity index (χ4n) is 3.62. The van der Waals surface area contributed by atoms with E-state index in [-0.39, 0.29) is 23.3 Å². The van der Waals surface area contributed by atoms with Crippen LogP contribution in [0.4, 0.5) is 18.9 Å². The standard InChI is InChI=1S/C21H19BrClF3N6O3S/c1-2-16-19(31-11-14(23)4-6-18(31)29-16)20(33)27-10-13-3-5-17(15(22)9-13)32-8-7-30(12-28-32)36(34,35)21(24,25)26/h3-6,9,11-12H,2,7-8,10H2,1H3,(H,27,33). The van der Waals surface area contributed by atoms with Gasteiger partial charge in [0, 0.05) is 17.2 Å². The molecule has 1 aromatic carbocycles. The van der Waals surface area contributed by atoms with E-state index in [0.29, 0.717) is 45.0 Å². The number of aromatic nitrogens is 2. The highest BCUT2D eigenvalue weighted by Gasteiger charge is 2.50. The molecule has 1 aliphatic rings. The molecule has 1 amide bonds. The molecule has 3 heterocycles. The third-order valence-electron chi connectivity index (χ3n) is 5.40. The zero-order chi connectivity index (χ0) is 26.3. The second-order valence-electron chi connectivity index (χ2n) is 7.72. The highest BCUT2D eigenvalue weighted by Crippen LogP contribution is 2.31. The molecule has 36 heavy (non-hydrogen) atoms. The molecular weight excluding hydrogens is 589 g/mol. The molecule has 1 N–H and O–H groups in total. The number of hydrazone groups is 1. The van der Waals surface area contributed by atoms with Crippen LogP contribution in [0.5, 0.6) is 0 Å². The average molecular weight is 608 g/mol. The minimum Gasteiger partial charge on any atom is -0.347 e. The number of amides is 1. The zero-order valence-corrected chi connectivity index (χ0v) is 21.8. The SMILES string of the molecule is CCc1nc2ccc(Cl)cn2c1C(=O)NCc1ccc(N2CCN(S(=O)(=O)C(F)(F)F)C=N2)c(Br)c1. The number of imidazole rings is 1. The van der Waals surface area contributed by atoms with Crippen molar-refractivity contribution in [3.05, 3.63) is 63.0 Å². The van der Waals surface area contributed by atoms with Gasteiger partial charge in [0.2, 0.25) is 0 Å². The first-order valence-electron chi connectivity index (χ1n) is 10.5. The molecule has 0 radical (unpaired) electrons. The summed E-state index contributed by atoms with van der Waals surface area (Å²) in [6.07, 6.45) is 2.82. The maximum absolute atomic E-state index is 13.0. The number of halogens is 5. The average Bonchev–Trinajstić information content (AvgIpc) is 3.20. The topological polar surface area (TPSA) is 99.4 Å². The van der Waals surface area contributed by atoms with E-state index < -0.39 is 22.1 Å². The number of hydrogen-bond donors (Lipinski definition) is 1. The van der Waals surface area contributed by atoms with E-state index in [2.05, 4.69) is 31.3 Å². The third-order valence-corrected chi connectivity index (χ3v) is 7.74. The van der Waals surface area contributed by atoms with Crippen LogP contribution in [-0.2, 0) is 23.0 Å². The monoisotopic (exact) mass is 606 g/mol. The maximum Gasteiger partial charge on any atom is 0.516 e. The lowest BCUT2D eigenvalue weighted by Crippen LogP contribution is -2.46. The molecule has 15 heteroatoms. The van der Waals surface area contributed by atoms with Gasteiger partial charge >= 0.3 is 15.5 Å². The molecule has 2 aromatic heterocycles. The summed E-state index contributed by atoms with van der Waals surface area (Å²) in [5, 5.41) is 8.56. The second-order valence-corrected chi connectivity index (χ2v) is 10.9. The van der Waals surface area contributed by atoms with Crippen molar-refractivity contribution >= 4 is 61.1 Å². The Morgan fingerprint density at radius 1 is 1.22 bits per heavy atom. The van der Waals surface area contributed by atoms with Crippen molar-refractivity contribution in [2.75, 3.05) is 18.1 Å². The van der Waals surface area contributed by atoms with Gasteiger partial charge in [-0.25, -0.2) is 9.29 Å². The third kappa shape index (κ3) is 5.02. The summed E-state index contributed by atoms with van der Waals surface area (Å²) in [4.78, 5) is 17.5. The first-order chi connectivity index (χ1) is 16.9. The lowest BCUT2D eigenvalue weighted by atomic mass is 10.2. The number of fused-ring (bicyclic) bond motifs is 1.